The smallest absolute Gasteiger partial charge is 0.430 e. The van der Waals surface area contributed by atoms with E-state index < -0.39 is 97.1 Å². The molecule has 1 N–H and O–H groups in total. The Labute approximate surface area is 364 Å². The van der Waals surface area contributed by atoms with Crippen LogP contribution in [0, 0.1) is 11.8 Å². The summed E-state index contributed by atoms with van der Waals surface area (Å²) >= 11 is 0. The molecule has 0 aromatic heterocycles. The third-order valence-electron chi connectivity index (χ3n) is 12.5. The molecule has 5 heterocycles. The van der Waals surface area contributed by atoms with Gasteiger partial charge in [0.25, 0.3) is 0 Å². The van der Waals surface area contributed by atoms with Crippen LogP contribution in [-0.2, 0) is 66.7 Å². The molecule has 4 saturated heterocycles. The molecule has 2 bridgehead atoms. The number of hydrogen-bond acceptors (Lipinski definition) is 16. The van der Waals surface area contributed by atoms with Gasteiger partial charge in [0.2, 0.25) is 0 Å². The van der Waals surface area contributed by atoms with Crippen LogP contribution in [0.25, 0.3) is 0 Å². The average Bonchev–Trinajstić information content (AvgIpc) is 3.61. The summed E-state index contributed by atoms with van der Waals surface area (Å²) in [6.07, 6.45) is 7.50. The molecule has 0 aromatic carbocycles. The highest BCUT2D eigenvalue weighted by molar-refractivity contribution is 5.87. The van der Waals surface area contributed by atoms with Crippen molar-refractivity contribution in [3.05, 3.63) is 71.9 Å². The molecule has 16 nitrogen and oxygen atoms in total. The molecular weight excluding hydrogens is 808 g/mol. The Morgan fingerprint density at radius 1 is 1.02 bits per heavy atom. The average molecular weight is 873 g/mol. The van der Waals surface area contributed by atoms with E-state index in [0.717, 1.165) is 11.9 Å². The predicted octanol–water partition coefficient (Wildman–Crippen LogP) is 5.48. The molecule has 0 aromatic rings. The lowest BCUT2D eigenvalue weighted by atomic mass is 9.71. The summed E-state index contributed by atoms with van der Waals surface area (Å²) in [6, 6.07) is 0. The fraction of sp³-hybridized carbons (Fsp3) is 0.674. The number of allylic oxidation sites excluding steroid dienone is 3. The number of rotatable bonds is 11. The number of methoxy groups -OCH3 is 2. The predicted molar refractivity (Wildman–Crippen MR) is 221 cm³/mol. The quantitative estimate of drug-likeness (QED) is 0.119. The highest BCUT2D eigenvalue weighted by Gasteiger charge is 2.62. The first kappa shape index (κ1) is 48.1. The minimum atomic E-state index is -1.68. The van der Waals surface area contributed by atoms with Crippen molar-refractivity contribution >= 4 is 18.2 Å². The van der Waals surface area contributed by atoms with Crippen LogP contribution in [-0.4, -0.2) is 136 Å². The molecule has 0 radical (unpaired) electrons. The number of aliphatic hydroxyl groups is 1. The number of aldehydes is 1. The highest BCUT2D eigenvalue weighted by atomic mass is 17.2. The summed E-state index contributed by atoms with van der Waals surface area (Å²) in [6.45, 7) is 14.7. The van der Waals surface area contributed by atoms with Gasteiger partial charge < -0.3 is 57.3 Å². The van der Waals surface area contributed by atoms with Crippen molar-refractivity contribution in [1.82, 2.24) is 0 Å². The zero-order valence-corrected chi connectivity index (χ0v) is 37.0. The number of fused-ring (bicyclic) bond motifs is 2. The number of ether oxygens (including phenoxy) is 10. The van der Waals surface area contributed by atoms with Crippen LogP contribution < -0.4 is 0 Å². The monoisotopic (exact) mass is 872 g/mol. The van der Waals surface area contributed by atoms with E-state index in [1.165, 1.54) is 13.2 Å². The Hall–Kier alpha value is -3.39. The molecule has 5 aliphatic heterocycles. The van der Waals surface area contributed by atoms with Crippen molar-refractivity contribution in [3.8, 4) is 0 Å². The molecule has 4 fully saturated rings. The fourth-order valence-electron chi connectivity index (χ4n) is 9.35. The maximum absolute atomic E-state index is 13.0. The lowest BCUT2D eigenvalue weighted by molar-refractivity contribution is -0.410. The van der Waals surface area contributed by atoms with E-state index in [1.54, 1.807) is 46.1 Å². The molecule has 1 unspecified atom stereocenters. The van der Waals surface area contributed by atoms with Gasteiger partial charge in [-0.2, -0.15) is 0 Å². The van der Waals surface area contributed by atoms with Crippen LogP contribution in [0.5, 0.6) is 0 Å². The molecule has 344 valence electrons. The van der Waals surface area contributed by atoms with Crippen LogP contribution in [0.2, 0.25) is 0 Å². The highest BCUT2D eigenvalue weighted by Crippen LogP contribution is 2.49. The second-order valence-electron chi connectivity index (χ2n) is 16.9. The summed E-state index contributed by atoms with van der Waals surface area (Å²) in [4.78, 5) is 51.0. The van der Waals surface area contributed by atoms with Crippen molar-refractivity contribution in [2.24, 2.45) is 11.8 Å². The minimum Gasteiger partial charge on any atom is -0.430 e. The van der Waals surface area contributed by atoms with E-state index in [-0.39, 0.29) is 37.8 Å². The summed E-state index contributed by atoms with van der Waals surface area (Å²) in [5, 5.41) is 11.7. The second-order valence-corrected chi connectivity index (χ2v) is 16.9. The summed E-state index contributed by atoms with van der Waals surface area (Å²) in [5.41, 5.74) is 0.496. The number of carbonyl (C=O) groups excluding carboxylic acids is 3. The van der Waals surface area contributed by atoms with Gasteiger partial charge >= 0.3 is 6.16 Å². The number of ketones is 1. The van der Waals surface area contributed by atoms with Crippen LogP contribution in [0.15, 0.2) is 71.9 Å². The van der Waals surface area contributed by atoms with Gasteiger partial charge in [-0.3, -0.25) is 4.79 Å². The first-order valence-electron chi connectivity index (χ1n) is 21.5. The Morgan fingerprint density at radius 2 is 1.79 bits per heavy atom. The first-order chi connectivity index (χ1) is 29.7. The Balaban J connectivity index is 1.30. The zero-order valence-electron chi connectivity index (χ0n) is 37.0. The Bertz CT molecular complexity index is 1750. The first-order valence-corrected chi connectivity index (χ1v) is 21.5. The molecule has 16 heteroatoms. The number of hydrogen-bond donors (Lipinski definition) is 1. The maximum atomic E-state index is 13.0. The van der Waals surface area contributed by atoms with Crippen molar-refractivity contribution in [1.29, 1.82) is 0 Å². The third-order valence-corrected chi connectivity index (χ3v) is 12.5. The van der Waals surface area contributed by atoms with Crippen molar-refractivity contribution < 1.29 is 76.6 Å². The van der Waals surface area contributed by atoms with Gasteiger partial charge in [0, 0.05) is 45.8 Å². The Morgan fingerprint density at radius 3 is 2.50 bits per heavy atom. The van der Waals surface area contributed by atoms with E-state index in [1.807, 2.05) is 45.1 Å². The molecule has 0 amide bonds. The van der Waals surface area contributed by atoms with Crippen LogP contribution in [0.3, 0.4) is 0 Å². The normalized spacial score (nSPS) is 43.9. The minimum absolute atomic E-state index is 0.0280. The molecule has 62 heavy (non-hydrogen) atoms. The molecular formula is C46H64O16. The molecule has 1 spiro atoms. The third kappa shape index (κ3) is 10.6. The SMILES string of the molecule is C=CCOC(=O)O[C@@H]1C(C)=C[C@@H](C=O)[C@]23OO[C@H]4C[C@@H](C/C=C(\C)[C@@H](O[C@H]5C[C@H](OC)[C@@H](O[C@H]6C[C@H](OC)C(=O)[C@H](C)O6)[C@H](C)O5)[C@@H](C)/C=C/C=C/2CO[C@H]13)OC(O)(/C=C\C)C4. The lowest BCUT2D eigenvalue weighted by Crippen LogP contribution is -2.58. The molecule has 1 aliphatic carbocycles. The van der Waals surface area contributed by atoms with Crippen LogP contribution in [0.1, 0.15) is 73.6 Å². The van der Waals surface area contributed by atoms with Crippen molar-refractivity contribution in [2.75, 3.05) is 27.4 Å². The van der Waals surface area contributed by atoms with Gasteiger partial charge in [0.15, 0.2) is 35.9 Å². The standard InChI is InChI=1S/C46H64O16/c1-10-17-45(50)23-34-20-33(60-45)16-15-27(4)40(57-38-22-36(52-9)42(30(7)56-38)58-37-21-35(51-8)39(48)29(6)55-37)26(3)13-12-14-31-25-54-43-41(59-44(49)53-18-11-2)28(5)19-32(24-47)46(31,43)62-61-34/h10-15,17,19,24,26,29-30,32-38,40-43,50H,2,16,18,20-23,25H2,1,3-9H3/b13-12+,17-10-,27-15+,31-14+/t26-,29-,30-,32-,33+,34-,35-,36-,37-,38-,40-,41+,42-,43+,45?,46+/m0/s1. The van der Waals surface area contributed by atoms with E-state index in [2.05, 4.69) is 6.58 Å². The van der Waals surface area contributed by atoms with Gasteiger partial charge in [-0.25, -0.2) is 14.6 Å². The zero-order chi connectivity index (χ0) is 44.8. The molecule has 0 saturated carbocycles. The summed E-state index contributed by atoms with van der Waals surface area (Å²) < 4.78 is 60.5. The molecule has 6 rings (SSSR count). The van der Waals surface area contributed by atoms with Crippen LogP contribution in [0.4, 0.5) is 4.79 Å². The largest absolute Gasteiger partial charge is 0.509 e. The van der Waals surface area contributed by atoms with E-state index in [9.17, 15) is 19.5 Å². The summed E-state index contributed by atoms with van der Waals surface area (Å²) in [7, 11) is 3.11. The van der Waals surface area contributed by atoms with Crippen molar-refractivity contribution in [2.45, 2.75) is 159 Å². The topological polar surface area (TPSA) is 182 Å². The number of carbonyl (C=O) groups is 3. The van der Waals surface area contributed by atoms with Gasteiger partial charge in [0.1, 0.15) is 43.4 Å². The second kappa shape index (κ2) is 21.1. The van der Waals surface area contributed by atoms with E-state index in [0.29, 0.717) is 30.4 Å². The van der Waals surface area contributed by atoms with Gasteiger partial charge in [0.05, 0.1) is 36.9 Å². The van der Waals surface area contributed by atoms with Crippen molar-refractivity contribution in [3.63, 3.8) is 0 Å². The fourth-order valence-corrected chi connectivity index (χ4v) is 9.35. The molecule has 6 aliphatic rings. The van der Waals surface area contributed by atoms with Gasteiger partial charge in [-0.15, -0.1) is 0 Å². The van der Waals surface area contributed by atoms with Crippen LogP contribution >= 0.6 is 0 Å². The van der Waals surface area contributed by atoms with E-state index >= 15 is 0 Å². The lowest BCUT2D eigenvalue weighted by Gasteiger charge is -2.45. The van der Waals surface area contributed by atoms with Gasteiger partial charge in [-0.05, 0) is 63.8 Å². The van der Waals surface area contributed by atoms with Gasteiger partial charge in [-0.1, -0.05) is 56.0 Å². The number of Topliss-reactive ketones (excluding diaryl/α,β-unsaturated/α-hetero) is 1. The van der Waals surface area contributed by atoms with E-state index in [4.69, 9.17) is 57.1 Å². The maximum Gasteiger partial charge on any atom is 0.509 e. The summed E-state index contributed by atoms with van der Waals surface area (Å²) in [5.74, 6) is -2.94. The molecule has 16 atom stereocenters. The Kier molecular flexibility index (Phi) is 16.3.